The van der Waals surface area contributed by atoms with E-state index in [2.05, 4.69) is 6.92 Å². The van der Waals surface area contributed by atoms with Gasteiger partial charge in [0.1, 0.15) is 6.29 Å². The summed E-state index contributed by atoms with van der Waals surface area (Å²) in [6.45, 7) is 2.25. The lowest BCUT2D eigenvalue weighted by molar-refractivity contribution is -0.137. The summed E-state index contributed by atoms with van der Waals surface area (Å²) in [5, 5.41) is 0. The third-order valence-corrected chi connectivity index (χ3v) is 4.47. The Labute approximate surface area is 147 Å². The van der Waals surface area contributed by atoms with Crippen molar-refractivity contribution in [2.24, 2.45) is 5.73 Å². The van der Waals surface area contributed by atoms with Gasteiger partial charge in [0, 0.05) is 12.8 Å². The lowest BCUT2D eigenvalue weighted by Gasteiger charge is -2.06. The summed E-state index contributed by atoms with van der Waals surface area (Å²) in [4.78, 5) is 33.4. The molecule has 0 saturated carbocycles. The highest BCUT2D eigenvalue weighted by molar-refractivity contribution is 6.39. The fourth-order valence-electron chi connectivity index (χ4n) is 2.84. The van der Waals surface area contributed by atoms with Gasteiger partial charge in [0.05, 0.1) is 6.04 Å². The standard InChI is InChI=1S/C20H37NO3/c1-2-3-4-5-6-7-8-9-10-11-12-13-14-15-19(23)20(24)18(21)16-17-22/h17-18H,2-16,21H2,1H3. The lowest BCUT2D eigenvalue weighted by atomic mass is 10.0. The van der Waals surface area contributed by atoms with Gasteiger partial charge < -0.3 is 10.5 Å². The highest BCUT2D eigenvalue weighted by atomic mass is 16.2. The van der Waals surface area contributed by atoms with Gasteiger partial charge in [0.15, 0.2) is 5.78 Å². The number of rotatable bonds is 18. The molecule has 1 atom stereocenters. The zero-order valence-electron chi connectivity index (χ0n) is 15.6. The van der Waals surface area contributed by atoms with E-state index in [1.165, 1.54) is 64.2 Å². The average Bonchev–Trinajstić information content (AvgIpc) is 2.58. The molecule has 24 heavy (non-hydrogen) atoms. The Hall–Kier alpha value is -1.03. The van der Waals surface area contributed by atoms with Crippen LogP contribution in [-0.4, -0.2) is 23.9 Å². The van der Waals surface area contributed by atoms with Crippen molar-refractivity contribution >= 4 is 17.9 Å². The van der Waals surface area contributed by atoms with Crippen LogP contribution in [0.25, 0.3) is 0 Å². The van der Waals surface area contributed by atoms with E-state index in [0.717, 1.165) is 19.3 Å². The molecule has 0 aromatic rings. The summed E-state index contributed by atoms with van der Waals surface area (Å²) in [5.74, 6) is -1.02. The summed E-state index contributed by atoms with van der Waals surface area (Å²) < 4.78 is 0. The molecule has 4 nitrogen and oxygen atoms in total. The van der Waals surface area contributed by atoms with Crippen LogP contribution in [0.4, 0.5) is 0 Å². The Balaban J connectivity index is 3.34. The molecule has 0 heterocycles. The Kier molecular flexibility index (Phi) is 16.1. The molecular formula is C20H37NO3. The topological polar surface area (TPSA) is 77.2 Å². The zero-order chi connectivity index (χ0) is 18.0. The Morgan fingerprint density at radius 1 is 0.792 bits per heavy atom. The second kappa shape index (κ2) is 16.8. The van der Waals surface area contributed by atoms with Crippen LogP contribution >= 0.6 is 0 Å². The van der Waals surface area contributed by atoms with Crippen molar-refractivity contribution in [1.82, 2.24) is 0 Å². The molecule has 4 heteroatoms. The van der Waals surface area contributed by atoms with Gasteiger partial charge in [-0.2, -0.15) is 0 Å². The number of carbonyl (C=O) groups is 3. The van der Waals surface area contributed by atoms with E-state index >= 15 is 0 Å². The van der Waals surface area contributed by atoms with Crippen LogP contribution in [0, 0.1) is 0 Å². The number of Topliss-reactive ketones (excluding diaryl/α,β-unsaturated/α-hetero) is 2. The van der Waals surface area contributed by atoms with Crippen molar-refractivity contribution in [3.05, 3.63) is 0 Å². The summed E-state index contributed by atoms with van der Waals surface area (Å²) in [6, 6.07) is -0.947. The largest absolute Gasteiger partial charge is 0.321 e. The maximum absolute atomic E-state index is 11.6. The number of hydrogen-bond donors (Lipinski definition) is 1. The molecule has 0 aliphatic carbocycles. The molecule has 0 bridgehead atoms. The quantitative estimate of drug-likeness (QED) is 0.226. The first-order chi connectivity index (χ1) is 11.6. The summed E-state index contributed by atoms with van der Waals surface area (Å²) in [5.41, 5.74) is 5.47. The average molecular weight is 340 g/mol. The molecule has 0 fully saturated rings. The maximum atomic E-state index is 11.6. The van der Waals surface area contributed by atoms with E-state index in [9.17, 15) is 14.4 Å². The smallest absolute Gasteiger partial charge is 0.215 e. The van der Waals surface area contributed by atoms with Crippen molar-refractivity contribution < 1.29 is 14.4 Å². The van der Waals surface area contributed by atoms with E-state index in [-0.39, 0.29) is 12.8 Å². The van der Waals surface area contributed by atoms with Gasteiger partial charge in [-0.3, -0.25) is 9.59 Å². The molecule has 0 saturated heterocycles. The van der Waals surface area contributed by atoms with Gasteiger partial charge in [-0.15, -0.1) is 0 Å². The predicted molar refractivity (Wildman–Crippen MR) is 99.0 cm³/mol. The second-order valence-electron chi connectivity index (χ2n) is 6.79. The molecule has 0 aromatic heterocycles. The normalized spacial score (nSPS) is 12.1. The SMILES string of the molecule is CCCCCCCCCCCCCCCC(=O)C(=O)C(N)CC=O. The third kappa shape index (κ3) is 13.4. The Morgan fingerprint density at radius 2 is 1.21 bits per heavy atom. The van der Waals surface area contributed by atoms with Crippen molar-refractivity contribution in [2.75, 3.05) is 0 Å². The first kappa shape index (κ1) is 23.0. The van der Waals surface area contributed by atoms with Crippen LogP contribution < -0.4 is 5.73 Å². The summed E-state index contributed by atoms with van der Waals surface area (Å²) in [7, 11) is 0. The molecule has 0 amide bonds. The van der Waals surface area contributed by atoms with Crippen LogP contribution in [0.2, 0.25) is 0 Å². The van der Waals surface area contributed by atoms with Crippen molar-refractivity contribution in [3.63, 3.8) is 0 Å². The summed E-state index contributed by atoms with van der Waals surface area (Å²) >= 11 is 0. The van der Waals surface area contributed by atoms with Crippen LogP contribution in [0.15, 0.2) is 0 Å². The highest BCUT2D eigenvalue weighted by Crippen LogP contribution is 2.13. The van der Waals surface area contributed by atoms with E-state index in [4.69, 9.17) is 5.73 Å². The first-order valence-electron chi connectivity index (χ1n) is 9.89. The maximum Gasteiger partial charge on any atom is 0.215 e. The Bertz CT molecular complexity index is 342. The minimum Gasteiger partial charge on any atom is -0.321 e. The van der Waals surface area contributed by atoms with Gasteiger partial charge in [0.25, 0.3) is 0 Å². The molecule has 0 aliphatic rings. The van der Waals surface area contributed by atoms with E-state index < -0.39 is 17.6 Å². The zero-order valence-corrected chi connectivity index (χ0v) is 15.6. The first-order valence-corrected chi connectivity index (χ1v) is 9.89. The Morgan fingerprint density at radius 3 is 1.62 bits per heavy atom. The monoisotopic (exact) mass is 339 g/mol. The van der Waals surface area contributed by atoms with E-state index in [0.29, 0.717) is 6.29 Å². The molecule has 140 valence electrons. The molecule has 1 unspecified atom stereocenters. The second-order valence-corrected chi connectivity index (χ2v) is 6.79. The number of aldehydes is 1. The van der Waals surface area contributed by atoms with Crippen LogP contribution in [0.3, 0.4) is 0 Å². The van der Waals surface area contributed by atoms with Crippen molar-refractivity contribution in [1.29, 1.82) is 0 Å². The van der Waals surface area contributed by atoms with Gasteiger partial charge in [-0.05, 0) is 6.42 Å². The number of carbonyl (C=O) groups excluding carboxylic acids is 3. The molecule has 0 rings (SSSR count). The third-order valence-electron chi connectivity index (χ3n) is 4.47. The molecule has 0 aromatic carbocycles. The minimum atomic E-state index is -0.947. The highest BCUT2D eigenvalue weighted by Gasteiger charge is 2.20. The number of hydrogen-bond acceptors (Lipinski definition) is 4. The van der Waals surface area contributed by atoms with Crippen LogP contribution in [0.1, 0.15) is 103 Å². The fourth-order valence-corrected chi connectivity index (χ4v) is 2.84. The number of unbranched alkanes of at least 4 members (excludes halogenated alkanes) is 12. The number of nitrogens with two attached hydrogens (primary N) is 1. The fraction of sp³-hybridized carbons (Fsp3) is 0.850. The van der Waals surface area contributed by atoms with Gasteiger partial charge in [-0.1, -0.05) is 84.0 Å². The molecule has 0 radical (unpaired) electrons. The number of ketones is 2. The van der Waals surface area contributed by atoms with Crippen LogP contribution in [-0.2, 0) is 14.4 Å². The van der Waals surface area contributed by atoms with Crippen molar-refractivity contribution in [3.8, 4) is 0 Å². The molecule has 2 N–H and O–H groups in total. The summed E-state index contributed by atoms with van der Waals surface area (Å²) in [6.07, 6.45) is 17.0. The molecular weight excluding hydrogens is 302 g/mol. The predicted octanol–water partition coefficient (Wildman–Crippen LogP) is 4.52. The van der Waals surface area contributed by atoms with Gasteiger partial charge in [-0.25, -0.2) is 0 Å². The van der Waals surface area contributed by atoms with Crippen LogP contribution in [0.5, 0.6) is 0 Å². The van der Waals surface area contributed by atoms with Crippen molar-refractivity contribution in [2.45, 2.75) is 109 Å². The van der Waals surface area contributed by atoms with Gasteiger partial charge in [0.2, 0.25) is 5.78 Å². The molecule has 0 aliphatic heterocycles. The van der Waals surface area contributed by atoms with E-state index in [1.807, 2.05) is 0 Å². The van der Waals surface area contributed by atoms with E-state index in [1.54, 1.807) is 0 Å². The molecule has 0 spiro atoms. The van der Waals surface area contributed by atoms with Gasteiger partial charge >= 0.3 is 0 Å². The minimum absolute atomic E-state index is 0.0663. The lowest BCUT2D eigenvalue weighted by Crippen LogP contribution is -2.36.